The van der Waals surface area contributed by atoms with Gasteiger partial charge in [-0.15, -0.1) is 12.4 Å². The largest absolute Gasteiger partial charge is 0.379 e. The third-order valence-electron chi connectivity index (χ3n) is 3.46. The number of halogens is 2. The van der Waals surface area contributed by atoms with Crippen molar-refractivity contribution in [3.63, 3.8) is 0 Å². The minimum absolute atomic E-state index is 0. The van der Waals surface area contributed by atoms with Crippen LogP contribution in [0.15, 0.2) is 23.1 Å². The smallest absolute Gasteiger partial charge is 0.306 e. The molecule has 1 fully saturated rings. The van der Waals surface area contributed by atoms with Crippen molar-refractivity contribution in [2.24, 2.45) is 0 Å². The highest BCUT2D eigenvalue weighted by Gasteiger charge is 2.22. The van der Waals surface area contributed by atoms with Gasteiger partial charge in [-0.3, -0.25) is 15.0 Å². The number of benzene rings is 1. The molecule has 0 atom stereocenters. The van der Waals surface area contributed by atoms with Gasteiger partial charge in [0, 0.05) is 19.2 Å². The van der Waals surface area contributed by atoms with Crippen LogP contribution in [0.25, 0.3) is 0 Å². The van der Waals surface area contributed by atoms with E-state index in [1.807, 2.05) is 0 Å². The van der Waals surface area contributed by atoms with E-state index in [-0.39, 0.29) is 23.1 Å². The molecular formula is C13H18ClFN2O5S. The topological polar surface area (TPSA) is 89.8 Å². The molecule has 1 heterocycles. The molecule has 7 nitrogen and oxygen atoms in total. The standard InChI is InChI=1S/C13H17FN2O5S.ClH/c14-12-3-2-11(10-13(12)16(17)18)22(19,20)9-1-4-15-5-7-21-8-6-15;/h2-3,10H,1,4-9H2;1H. The Balaban J connectivity index is 0.00000264. The zero-order valence-corrected chi connectivity index (χ0v) is 13.9. The van der Waals surface area contributed by atoms with Crippen molar-refractivity contribution in [2.45, 2.75) is 11.3 Å². The predicted octanol–water partition coefficient (Wildman–Crippen LogP) is 1.65. The van der Waals surface area contributed by atoms with Crippen LogP contribution in [0.1, 0.15) is 6.42 Å². The van der Waals surface area contributed by atoms with Crippen molar-refractivity contribution in [1.29, 1.82) is 0 Å². The van der Waals surface area contributed by atoms with E-state index in [0.717, 1.165) is 31.3 Å². The Hall–Kier alpha value is -1.29. The van der Waals surface area contributed by atoms with Crippen LogP contribution in [0.5, 0.6) is 0 Å². The van der Waals surface area contributed by atoms with Gasteiger partial charge in [0.15, 0.2) is 9.84 Å². The maximum atomic E-state index is 13.2. The molecule has 130 valence electrons. The highest BCUT2D eigenvalue weighted by atomic mass is 35.5. The number of sulfone groups is 1. The van der Waals surface area contributed by atoms with Gasteiger partial charge in [-0.25, -0.2) is 8.42 Å². The van der Waals surface area contributed by atoms with Gasteiger partial charge >= 0.3 is 5.69 Å². The molecule has 1 aliphatic heterocycles. The predicted molar refractivity (Wildman–Crippen MR) is 84.2 cm³/mol. The van der Waals surface area contributed by atoms with Gasteiger partial charge in [0.2, 0.25) is 5.82 Å². The molecular weight excluding hydrogens is 351 g/mol. The van der Waals surface area contributed by atoms with Gasteiger partial charge in [-0.1, -0.05) is 0 Å². The molecule has 0 saturated carbocycles. The van der Waals surface area contributed by atoms with Gasteiger partial charge in [-0.2, -0.15) is 4.39 Å². The lowest BCUT2D eigenvalue weighted by atomic mass is 10.3. The summed E-state index contributed by atoms with van der Waals surface area (Å²) in [6.07, 6.45) is 0.410. The Morgan fingerprint density at radius 2 is 1.96 bits per heavy atom. The molecule has 0 spiro atoms. The molecule has 2 rings (SSSR count). The number of ether oxygens (including phenoxy) is 1. The van der Waals surface area contributed by atoms with Crippen molar-refractivity contribution in [2.75, 3.05) is 38.6 Å². The fourth-order valence-corrected chi connectivity index (χ4v) is 3.56. The van der Waals surface area contributed by atoms with Crippen molar-refractivity contribution in [3.05, 3.63) is 34.1 Å². The minimum Gasteiger partial charge on any atom is -0.379 e. The third kappa shape index (κ3) is 5.38. The Labute approximate surface area is 139 Å². The quantitative estimate of drug-likeness (QED) is 0.431. The number of rotatable bonds is 6. The second-order valence-electron chi connectivity index (χ2n) is 5.00. The van der Waals surface area contributed by atoms with Gasteiger partial charge in [0.25, 0.3) is 0 Å². The number of nitro benzene ring substituents is 1. The van der Waals surface area contributed by atoms with Crippen molar-refractivity contribution < 1.29 is 22.5 Å². The van der Waals surface area contributed by atoms with Crippen molar-refractivity contribution in [1.82, 2.24) is 4.90 Å². The molecule has 0 aromatic heterocycles. The van der Waals surface area contributed by atoms with E-state index in [0.29, 0.717) is 26.2 Å². The summed E-state index contributed by atoms with van der Waals surface area (Å²) in [5.41, 5.74) is -0.825. The average Bonchev–Trinajstić information content (AvgIpc) is 2.48. The van der Waals surface area contributed by atoms with E-state index >= 15 is 0 Å². The number of morpholine rings is 1. The number of nitrogens with zero attached hydrogens (tertiary/aromatic N) is 2. The van der Waals surface area contributed by atoms with E-state index in [4.69, 9.17) is 4.74 Å². The van der Waals surface area contributed by atoms with Gasteiger partial charge < -0.3 is 4.74 Å². The summed E-state index contributed by atoms with van der Waals surface area (Å²) in [5.74, 6) is -1.18. The summed E-state index contributed by atoms with van der Waals surface area (Å²) in [7, 11) is -3.66. The fourth-order valence-electron chi connectivity index (χ4n) is 2.25. The third-order valence-corrected chi connectivity index (χ3v) is 5.26. The molecule has 23 heavy (non-hydrogen) atoms. The van der Waals surface area contributed by atoms with Gasteiger partial charge in [-0.05, 0) is 25.1 Å². The lowest BCUT2D eigenvalue weighted by Gasteiger charge is -2.26. The molecule has 10 heteroatoms. The zero-order valence-electron chi connectivity index (χ0n) is 12.3. The molecule has 0 aliphatic carbocycles. The van der Waals surface area contributed by atoms with Crippen LogP contribution in [0, 0.1) is 15.9 Å². The summed E-state index contributed by atoms with van der Waals surface area (Å²) >= 11 is 0. The molecule has 0 radical (unpaired) electrons. The van der Waals surface area contributed by atoms with E-state index in [9.17, 15) is 22.9 Å². The first-order valence-electron chi connectivity index (χ1n) is 6.87. The van der Waals surface area contributed by atoms with Crippen LogP contribution in [-0.2, 0) is 14.6 Å². The van der Waals surface area contributed by atoms with E-state index in [2.05, 4.69) is 4.90 Å². The molecule has 1 saturated heterocycles. The normalized spacial score (nSPS) is 15.9. The van der Waals surface area contributed by atoms with Crippen molar-refractivity contribution in [3.8, 4) is 0 Å². The summed E-state index contributed by atoms with van der Waals surface area (Å²) < 4.78 is 42.8. The maximum absolute atomic E-state index is 13.2. The van der Waals surface area contributed by atoms with Gasteiger partial charge in [0.05, 0.1) is 28.8 Å². The van der Waals surface area contributed by atoms with Crippen LogP contribution in [0.4, 0.5) is 10.1 Å². The highest BCUT2D eigenvalue weighted by Crippen LogP contribution is 2.22. The van der Waals surface area contributed by atoms with Crippen molar-refractivity contribution >= 4 is 27.9 Å². The molecule has 0 bridgehead atoms. The van der Waals surface area contributed by atoms with E-state index in [1.54, 1.807) is 0 Å². The molecule has 0 N–H and O–H groups in total. The molecule has 1 aromatic carbocycles. The summed E-state index contributed by atoms with van der Waals surface area (Å²) in [6.45, 7) is 3.42. The molecule has 0 unspecified atom stereocenters. The average molecular weight is 369 g/mol. The first-order valence-corrected chi connectivity index (χ1v) is 8.52. The second-order valence-corrected chi connectivity index (χ2v) is 7.11. The minimum atomic E-state index is -3.66. The zero-order chi connectivity index (χ0) is 16.2. The summed E-state index contributed by atoms with van der Waals surface area (Å²) in [6, 6.07) is 2.65. The number of hydrogen-bond donors (Lipinski definition) is 0. The lowest BCUT2D eigenvalue weighted by molar-refractivity contribution is -0.387. The number of hydrogen-bond acceptors (Lipinski definition) is 6. The van der Waals surface area contributed by atoms with Crippen LogP contribution >= 0.6 is 12.4 Å². The van der Waals surface area contributed by atoms with Crippen LogP contribution in [0.2, 0.25) is 0 Å². The first-order chi connectivity index (χ1) is 10.4. The highest BCUT2D eigenvalue weighted by molar-refractivity contribution is 7.91. The SMILES string of the molecule is Cl.O=[N+]([O-])c1cc(S(=O)(=O)CCCN2CCOCC2)ccc1F. The fraction of sp³-hybridized carbons (Fsp3) is 0.538. The monoisotopic (exact) mass is 368 g/mol. The molecule has 1 aliphatic rings. The number of nitro groups is 1. The Morgan fingerprint density at radius 3 is 2.57 bits per heavy atom. The lowest BCUT2D eigenvalue weighted by Crippen LogP contribution is -2.37. The molecule has 1 aromatic rings. The Morgan fingerprint density at radius 1 is 1.30 bits per heavy atom. The molecule has 0 amide bonds. The van der Waals surface area contributed by atoms with Crippen LogP contribution in [-0.4, -0.2) is 56.8 Å². The van der Waals surface area contributed by atoms with Gasteiger partial charge in [0.1, 0.15) is 0 Å². The first kappa shape index (κ1) is 19.8. The second kappa shape index (κ2) is 8.53. The van der Waals surface area contributed by atoms with E-state index < -0.39 is 26.3 Å². The van der Waals surface area contributed by atoms with Crippen LogP contribution < -0.4 is 0 Å². The summed E-state index contributed by atoms with van der Waals surface area (Å²) in [4.78, 5) is 11.6. The van der Waals surface area contributed by atoms with Crippen LogP contribution in [0.3, 0.4) is 0 Å². The Kier molecular flexibility index (Phi) is 7.33. The summed E-state index contributed by atoms with van der Waals surface area (Å²) in [5, 5.41) is 10.7. The van der Waals surface area contributed by atoms with E-state index in [1.165, 1.54) is 0 Å². The maximum Gasteiger partial charge on any atom is 0.306 e. The Bertz CT molecular complexity index is 650.